The van der Waals surface area contributed by atoms with Crippen molar-refractivity contribution >= 4 is 23.2 Å². The lowest BCUT2D eigenvalue weighted by Crippen LogP contribution is -2.21. The standard InChI is InChI=1S/C17H15F2N3O2/c1-11(10-16(23)20-15-8-6-14(19)7-9-15)21-22-17(24)12-2-4-13(18)5-3-12/h2-9H,10H2,1H3,(H,20,23)(H,22,24)/b21-11+. The fourth-order valence-electron chi connectivity index (χ4n) is 1.82. The summed E-state index contributed by atoms with van der Waals surface area (Å²) in [6, 6.07) is 10.3. The Morgan fingerprint density at radius 2 is 1.50 bits per heavy atom. The maximum absolute atomic E-state index is 12.8. The van der Waals surface area contributed by atoms with Gasteiger partial charge in [-0.3, -0.25) is 9.59 Å². The van der Waals surface area contributed by atoms with Gasteiger partial charge in [-0.05, 0) is 55.5 Å². The largest absolute Gasteiger partial charge is 0.326 e. The van der Waals surface area contributed by atoms with Crippen LogP contribution in [0.5, 0.6) is 0 Å². The summed E-state index contributed by atoms with van der Waals surface area (Å²) in [6.07, 6.45) is -0.0406. The van der Waals surface area contributed by atoms with E-state index in [4.69, 9.17) is 0 Å². The monoisotopic (exact) mass is 331 g/mol. The van der Waals surface area contributed by atoms with Crippen LogP contribution in [-0.4, -0.2) is 17.5 Å². The summed E-state index contributed by atoms with van der Waals surface area (Å²) in [5.74, 6) is -1.69. The zero-order valence-corrected chi connectivity index (χ0v) is 12.8. The summed E-state index contributed by atoms with van der Waals surface area (Å²) >= 11 is 0. The predicted octanol–water partition coefficient (Wildman–Crippen LogP) is 3.10. The highest BCUT2D eigenvalue weighted by Gasteiger charge is 2.07. The molecule has 0 fully saturated rings. The molecule has 2 N–H and O–H groups in total. The molecule has 0 aliphatic heterocycles. The third kappa shape index (κ3) is 5.28. The molecule has 2 amide bonds. The van der Waals surface area contributed by atoms with Crippen LogP contribution in [0.15, 0.2) is 53.6 Å². The van der Waals surface area contributed by atoms with E-state index in [1.54, 1.807) is 6.92 Å². The molecule has 2 rings (SSSR count). The minimum atomic E-state index is -0.506. The van der Waals surface area contributed by atoms with Gasteiger partial charge in [0.25, 0.3) is 5.91 Å². The molecule has 0 heterocycles. The predicted molar refractivity (Wildman–Crippen MR) is 86.6 cm³/mol. The fraction of sp³-hybridized carbons (Fsp3) is 0.118. The van der Waals surface area contributed by atoms with Gasteiger partial charge < -0.3 is 5.32 Å². The molecule has 0 unspecified atom stereocenters. The van der Waals surface area contributed by atoms with Crippen LogP contribution in [0.3, 0.4) is 0 Å². The molecule has 2 aromatic rings. The van der Waals surface area contributed by atoms with Crippen molar-refractivity contribution in [2.45, 2.75) is 13.3 Å². The van der Waals surface area contributed by atoms with E-state index >= 15 is 0 Å². The molecular formula is C17H15F2N3O2. The highest BCUT2D eigenvalue weighted by Crippen LogP contribution is 2.08. The van der Waals surface area contributed by atoms with Gasteiger partial charge in [-0.1, -0.05) is 0 Å². The number of benzene rings is 2. The molecule has 124 valence electrons. The topological polar surface area (TPSA) is 70.6 Å². The van der Waals surface area contributed by atoms with Crippen molar-refractivity contribution in [2.75, 3.05) is 5.32 Å². The van der Waals surface area contributed by atoms with E-state index in [-0.39, 0.29) is 17.9 Å². The quantitative estimate of drug-likeness (QED) is 0.653. The first-order valence-electron chi connectivity index (χ1n) is 7.08. The molecule has 0 aliphatic carbocycles. The lowest BCUT2D eigenvalue weighted by Gasteiger charge is -2.05. The third-order valence-corrected chi connectivity index (χ3v) is 3.00. The molecule has 0 spiro atoms. The Hall–Kier alpha value is -3.09. The SMILES string of the molecule is C/C(CC(=O)Nc1ccc(F)cc1)=N\NC(=O)c1ccc(F)cc1. The number of nitrogens with one attached hydrogen (secondary N) is 2. The van der Waals surface area contributed by atoms with Crippen molar-refractivity contribution in [1.82, 2.24) is 5.43 Å². The fourth-order valence-corrected chi connectivity index (χ4v) is 1.82. The van der Waals surface area contributed by atoms with Crippen molar-refractivity contribution in [3.63, 3.8) is 0 Å². The van der Waals surface area contributed by atoms with Crippen molar-refractivity contribution in [3.8, 4) is 0 Å². The van der Waals surface area contributed by atoms with E-state index in [2.05, 4.69) is 15.8 Å². The van der Waals surface area contributed by atoms with Gasteiger partial charge in [0.15, 0.2) is 0 Å². The number of hydrazone groups is 1. The van der Waals surface area contributed by atoms with E-state index in [0.717, 1.165) is 0 Å². The second kappa shape index (κ2) is 7.96. The third-order valence-electron chi connectivity index (χ3n) is 3.00. The maximum Gasteiger partial charge on any atom is 0.271 e. The minimum absolute atomic E-state index is 0.0406. The first-order chi connectivity index (χ1) is 11.4. The van der Waals surface area contributed by atoms with Gasteiger partial charge in [0, 0.05) is 17.0 Å². The number of anilines is 1. The van der Waals surface area contributed by atoms with E-state index < -0.39 is 17.5 Å². The number of hydrogen-bond acceptors (Lipinski definition) is 3. The molecular weight excluding hydrogens is 316 g/mol. The molecule has 5 nitrogen and oxygen atoms in total. The molecule has 0 saturated carbocycles. The van der Waals surface area contributed by atoms with Crippen LogP contribution < -0.4 is 10.7 Å². The van der Waals surface area contributed by atoms with Gasteiger partial charge in [-0.15, -0.1) is 0 Å². The average molecular weight is 331 g/mol. The van der Waals surface area contributed by atoms with Crippen molar-refractivity contribution in [2.24, 2.45) is 5.10 Å². The van der Waals surface area contributed by atoms with Gasteiger partial charge in [0.05, 0.1) is 6.42 Å². The Morgan fingerprint density at radius 1 is 0.958 bits per heavy atom. The average Bonchev–Trinajstić information content (AvgIpc) is 2.55. The second-order valence-electron chi connectivity index (χ2n) is 5.03. The highest BCUT2D eigenvalue weighted by atomic mass is 19.1. The summed E-state index contributed by atoms with van der Waals surface area (Å²) in [6.45, 7) is 1.58. The Kier molecular flexibility index (Phi) is 5.73. The molecule has 0 radical (unpaired) electrons. The van der Waals surface area contributed by atoms with Gasteiger partial charge in [-0.2, -0.15) is 5.10 Å². The van der Waals surface area contributed by atoms with Crippen LogP contribution in [0, 0.1) is 11.6 Å². The van der Waals surface area contributed by atoms with Gasteiger partial charge >= 0.3 is 0 Å². The van der Waals surface area contributed by atoms with Gasteiger partial charge in [-0.25, -0.2) is 14.2 Å². The van der Waals surface area contributed by atoms with Crippen LogP contribution in [0.1, 0.15) is 23.7 Å². The Labute approximate surface area is 137 Å². The molecule has 7 heteroatoms. The first kappa shape index (κ1) is 17.3. The van der Waals surface area contributed by atoms with Crippen molar-refractivity contribution in [3.05, 3.63) is 65.7 Å². The molecule has 0 aromatic heterocycles. The number of carbonyl (C=O) groups excluding carboxylic acids is 2. The molecule has 2 aromatic carbocycles. The van der Waals surface area contributed by atoms with Crippen LogP contribution in [0.4, 0.5) is 14.5 Å². The summed E-state index contributed by atoms with van der Waals surface area (Å²) < 4.78 is 25.6. The summed E-state index contributed by atoms with van der Waals surface area (Å²) in [4.78, 5) is 23.6. The first-order valence-corrected chi connectivity index (χ1v) is 7.08. The summed E-state index contributed by atoms with van der Waals surface area (Å²) in [5.41, 5.74) is 3.39. The molecule has 0 bridgehead atoms. The number of hydrogen-bond donors (Lipinski definition) is 2. The Bertz CT molecular complexity index is 756. The zero-order chi connectivity index (χ0) is 17.5. The van der Waals surface area contributed by atoms with Gasteiger partial charge in [0.1, 0.15) is 11.6 Å². The van der Waals surface area contributed by atoms with E-state index in [1.807, 2.05) is 0 Å². The number of halogens is 2. The van der Waals surface area contributed by atoms with E-state index in [9.17, 15) is 18.4 Å². The van der Waals surface area contributed by atoms with Gasteiger partial charge in [0.2, 0.25) is 5.91 Å². The van der Waals surface area contributed by atoms with Crippen LogP contribution >= 0.6 is 0 Å². The van der Waals surface area contributed by atoms with Crippen LogP contribution in [-0.2, 0) is 4.79 Å². The van der Waals surface area contributed by atoms with Crippen LogP contribution in [0.2, 0.25) is 0 Å². The lowest BCUT2D eigenvalue weighted by atomic mass is 10.2. The minimum Gasteiger partial charge on any atom is -0.326 e. The Balaban J connectivity index is 1.86. The van der Waals surface area contributed by atoms with E-state index in [0.29, 0.717) is 11.4 Å². The van der Waals surface area contributed by atoms with Crippen molar-refractivity contribution in [1.29, 1.82) is 0 Å². The lowest BCUT2D eigenvalue weighted by molar-refractivity contribution is -0.115. The number of nitrogens with zero attached hydrogens (tertiary/aromatic N) is 1. The summed E-state index contributed by atoms with van der Waals surface area (Å²) in [7, 11) is 0. The molecule has 0 aliphatic rings. The normalized spacial score (nSPS) is 11.0. The second-order valence-corrected chi connectivity index (χ2v) is 5.03. The highest BCUT2D eigenvalue weighted by molar-refractivity contribution is 6.06. The van der Waals surface area contributed by atoms with Crippen molar-refractivity contribution < 1.29 is 18.4 Å². The molecule has 0 atom stereocenters. The summed E-state index contributed by atoms with van der Waals surface area (Å²) in [5, 5.41) is 6.41. The Morgan fingerprint density at radius 3 is 2.08 bits per heavy atom. The zero-order valence-electron chi connectivity index (χ0n) is 12.8. The van der Waals surface area contributed by atoms with Crippen LogP contribution in [0.25, 0.3) is 0 Å². The molecule has 24 heavy (non-hydrogen) atoms. The molecule has 0 saturated heterocycles. The maximum atomic E-state index is 12.8. The van der Waals surface area contributed by atoms with E-state index in [1.165, 1.54) is 48.5 Å². The number of amides is 2. The number of rotatable bonds is 5. The number of carbonyl (C=O) groups is 2. The smallest absolute Gasteiger partial charge is 0.271 e.